The van der Waals surface area contributed by atoms with Gasteiger partial charge in [-0.25, -0.2) is 4.79 Å². The average Bonchev–Trinajstić information content (AvgIpc) is 2.75. The summed E-state index contributed by atoms with van der Waals surface area (Å²) < 4.78 is 11.5. The molecule has 4 rings (SSSR count). The number of aliphatic carboxylic acids is 1. The van der Waals surface area contributed by atoms with Crippen molar-refractivity contribution in [1.82, 2.24) is 0 Å². The molecule has 0 atom stereocenters. The van der Waals surface area contributed by atoms with Gasteiger partial charge in [0.2, 0.25) is 0 Å². The van der Waals surface area contributed by atoms with Crippen LogP contribution in [-0.4, -0.2) is 24.1 Å². The van der Waals surface area contributed by atoms with Gasteiger partial charge in [0, 0.05) is 16.8 Å². The summed E-state index contributed by atoms with van der Waals surface area (Å²) in [5.74, 6) is -1.47. The Morgan fingerprint density at radius 1 is 1.17 bits per heavy atom. The Balaban J connectivity index is 1.81. The minimum Gasteiger partial charge on any atom is -0.496 e. The highest BCUT2D eigenvalue weighted by atomic mass is 16.5. The maximum atomic E-state index is 13.1. The zero-order valence-corrected chi connectivity index (χ0v) is 16.2. The molecule has 0 fully saturated rings. The summed E-state index contributed by atoms with van der Waals surface area (Å²) >= 11 is 0. The third-order valence-corrected chi connectivity index (χ3v) is 5.07. The van der Waals surface area contributed by atoms with Crippen LogP contribution >= 0.6 is 0 Å². The van der Waals surface area contributed by atoms with Crippen LogP contribution in [-0.2, 0) is 16.0 Å². The molecule has 1 amide bonds. The quantitative estimate of drug-likeness (QED) is 0.644. The maximum absolute atomic E-state index is 13.1. The monoisotopic (exact) mass is 405 g/mol. The summed E-state index contributed by atoms with van der Waals surface area (Å²) in [4.78, 5) is 35.3. The van der Waals surface area contributed by atoms with Gasteiger partial charge in [0.1, 0.15) is 17.1 Å². The summed E-state index contributed by atoms with van der Waals surface area (Å²) in [6.07, 6.45) is 4.14. The first-order valence-electron chi connectivity index (χ1n) is 9.46. The number of hydrogen-bond acceptors (Lipinski definition) is 5. The molecule has 0 unspecified atom stereocenters. The van der Waals surface area contributed by atoms with E-state index in [-0.39, 0.29) is 11.1 Å². The molecule has 30 heavy (non-hydrogen) atoms. The van der Waals surface area contributed by atoms with Gasteiger partial charge in [-0.3, -0.25) is 9.59 Å². The first-order chi connectivity index (χ1) is 14.5. The van der Waals surface area contributed by atoms with E-state index in [4.69, 9.17) is 14.3 Å². The van der Waals surface area contributed by atoms with Gasteiger partial charge in [0.25, 0.3) is 0 Å². The van der Waals surface area contributed by atoms with Gasteiger partial charge in [-0.2, -0.15) is 0 Å². The number of carbonyl (C=O) groups excluding carboxylic acids is 1. The average molecular weight is 405 g/mol. The minimum absolute atomic E-state index is 0.177. The Labute approximate surface area is 171 Å². The first-order valence-corrected chi connectivity index (χ1v) is 9.46. The number of carboxylic acids is 1. The lowest BCUT2D eigenvalue weighted by Gasteiger charge is -2.18. The van der Waals surface area contributed by atoms with Crippen LogP contribution < -0.4 is 15.5 Å². The largest absolute Gasteiger partial charge is 0.496 e. The van der Waals surface area contributed by atoms with Gasteiger partial charge in [0.05, 0.1) is 12.5 Å². The van der Waals surface area contributed by atoms with Crippen LogP contribution in [0.15, 0.2) is 51.7 Å². The van der Waals surface area contributed by atoms with E-state index in [2.05, 4.69) is 5.32 Å². The number of nitrogens with one attached hydrogen (secondary N) is 1. The van der Waals surface area contributed by atoms with Crippen molar-refractivity contribution in [3.05, 3.63) is 69.6 Å². The summed E-state index contributed by atoms with van der Waals surface area (Å²) in [6.45, 7) is 0. The molecule has 2 N–H and O–H groups in total. The number of para-hydroxylation sites is 1. The number of amides is 1. The molecule has 3 aromatic rings. The van der Waals surface area contributed by atoms with E-state index in [0.717, 1.165) is 29.7 Å². The number of fused-ring (bicyclic) bond motifs is 2. The summed E-state index contributed by atoms with van der Waals surface area (Å²) in [6, 6.07) is 12.1. The van der Waals surface area contributed by atoms with Gasteiger partial charge in [-0.1, -0.05) is 18.2 Å². The van der Waals surface area contributed by atoms with E-state index < -0.39 is 11.9 Å². The summed E-state index contributed by atoms with van der Waals surface area (Å²) in [5, 5.41) is 11.3. The Kier molecular flexibility index (Phi) is 5.10. The van der Waals surface area contributed by atoms with E-state index in [1.165, 1.54) is 12.1 Å². The summed E-state index contributed by atoms with van der Waals surface area (Å²) in [7, 11) is 1.61. The Morgan fingerprint density at radius 2 is 1.97 bits per heavy atom. The van der Waals surface area contributed by atoms with Crippen LogP contribution in [0.4, 0.5) is 5.69 Å². The number of ether oxygens (including phenoxy) is 1. The van der Waals surface area contributed by atoms with Crippen molar-refractivity contribution in [1.29, 1.82) is 0 Å². The molecule has 0 spiro atoms. The number of allylic oxidation sites excluding steroid dienone is 1. The number of methoxy groups -OCH3 is 1. The van der Waals surface area contributed by atoms with Gasteiger partial charge in [-0.15, -0.1) is 0 Å². The molecular formula is C23H19NO6. The highest BCUT2D eigenvalue weighted by Crippen LogP contribution is 2.34. The molecule has 152 valence electrons. The zero-order chi connectivity index (χ0) is 21.3. The lowest BCUT2D eigenvalue weighted by atomic mass is 9.90. The van der Waals surface area contributed by atoms with Crippen molar-refractivity contribution in [2.45, 2.75) is 19.3 Å². The fourth-order valence-electron chi connectivity index (χ4n) is 3.66. The van der Waals surface area contributed by atoms with Gasteiger partial charge in [0.15, 0.2) is 5.43 Å². The first kappa shape index (κ1) is 19.4. The predicted molar refractivity (Wildman–Crippen MR) is 113 cm³/mol. The maximum Gasteiger partial charge on any atom is 0.394 e. The molecule has 7 heteroatoms. The molecule has 7 nitrogen and oxygen atoms in total. The Hall–Kier alpha value is -3.87. The number of hydrogen-bond donors (Lipinski definition) is 2. The second kappa shape index (κ2) is 7.87. The highest BCUT2D eigenvalue weighted by Gasteiger charge is 2.22. The van der Waals surface area contributed by atoms with Crippen LogP contribution in [0.25, 0.3) is 22.6 Å². The molecule has 0 radical (unpaired) electrons. The fraction of sp³-hybridized carbons (Fsp3) is 0.174. The molecule has 0 saturated carbocycles. The van der Waals surface area contributed by atoms with Crippen molar-refractivity contribution in [2.75, 3.05) is 12.4 Å². The number of carbonyl (C=O) groups is 2. The molecule has 1 aliphatic rings. The van der Waals surface area contributed by atoms with Crippen molar-refractivity contribution < 1.29 is 23.8 Å². The van der Waals surface area contributed by atoms with Gasteiger partial charge in [-0.05, 0) is 55.2 Å². The minimum atomic E-state index is -1.60. The second-order valence-corrected chi connectivity index (χ2v) is 6.97. The zero-order valence-electron chi connectivity index (χ0n) is 16.2. The fourth-order valence-corrected chi connectivity index (χ4v) is 3.66. The van der Waals surface area contributed by atoms with Crippen LogP contribution in [0, 0.1) is 0 Å². The van der Waals surface area contributed by atoms with Crippen LogP contribution in [0.1, 0.15) is 29.7 Å². The van der Waals surface area contributed by atoms with E-state index in [0.29, 0.717) is 28.7 Å². The second-order valence-electron chi connectivity index (χ2n) is 6.97. The lowest BCUT2D eigenvalue weighted by Crippen LogP contribution is -2.22. The molecule has 0 saturated heterocycles. The standard InChI is InChI=1S/C23H19NO6/c1-29-18-8-3-2-5-13(18)11-14-6-4-7-16-20(25)17-12-15(24-22(26)23(27)28)9-10-19(17)30-21(14)16/h2-3,5,8-12H,4,6-7H2,1H3,(H,24,26)(H,27,28)/b14-11-. The lowest BCUT2D eigenvalue weighted by molar-refractivity contribution is -0.147. The number of anilines is 1. The molecule has 0 bridgehead atoms. The predicted octanol–water partition coefficient (Wildman–Crippen LogP) is 3.70. The van der Waals surface area contributed by atoms with Crippen molar-refractivity contribution in [3.63, 3.8) is 0 Å². The van der Waals surface area contributed by atoms with Crippen LogP contribution in [0.5, 0.6) is 5.75 Å². The van der Waals surface area contributed by atoms with E-state index in [1.807, 2.05) is 30.3 Å². The normalized spacial score (nSPS) is 14.4. The van der Waals surface area contributed by atoms with Crippen molar-refractivity contribution in [3.8, 4) is 5.75 Å². The summed E-state index contributed by atoms with van der Waals surface area (Å²) in [5.41, 5.74) is 2.82. The van der Waals surface area contributed by atoms with Crippen LogP contribution in [0.3, 0.4) is 0 Å². The molecule has 2 aromatic carbocycles. The Morgan fingerprint density at radius 3 is 2.73 bits per heavy atom. The van der Waals surface area contributed by atoms with E-state index in [1.54, 1.807) is 13.2 Å². The SMILES string of the molecule is COc1ccccc1/C=C1/CCCc2c1oc1ccc(NC(=O)C(=O)O)cc1c2=O. The van der Waals surface area contributed by atoms with Gasteiger partial charge >= 0.3 is 11.9 Å². The third kappa shape index (κ3) is 3.57. The third-order valence-electron chi connectivity index (χ3n) is 5.07. The molecule has 1 heterocycles. The van der Waals surface area contributed by atoms with E-state index in [9.17, 15) is 14.4 Å². The molecule has 0 aliphatic heterocycles. The molecular weight excluding hydrogens is 386 g/mol. The topological polar surface area (TPSA) is 106 Å². The highest BCUT2D eigenvalue weighted by molar-refractivity contribution is 6.36. The Bertz CT molecular complexity index is 1250. The van der Waals surface area contributed by atoms with Crippen LogP contribution in [0.2, 0.25) is 0 Å². The smallest absolute Gasteiger partial charge is 0.394 e. The van der Waals surface area contributed by atoms with Gasteiger partial charge < -0.3 is 19.6 Å². The number of benzene rings is 2. The molecule has 1 aromatic heterocycles. The van der Waals surface area contributed by atoms with Crippen molar-refractivity contribution >= 4 is 40.2 Å². The molecule has 1 aliphatic carbocycles. The van der Waals surface area contributed by atoms with Crippen molar-refractivity contribution in [2.24, 2.45) is 0 Å². The number of rotatable bonds is 3. The van der Waals surface area contributed by atoms with E-state index >= 15 is 0 Å². The number of carboxylic acid groups (broad SMARTS) is 1.